The molecule has 0 radical (unpaired) electrons. The van der Waals surface area contributed by atoms with E-state index in [-0.39, 0.29) is 11.6 Å². The van der Waals surface area contributed by atoms with Crippen molar-refractivity contribution in [3.05, 3.63) is 57.8 Å². The van der Waals surface area contributed by atoms with Crippen molar-refractivity contribution < 1.29 is 9.72 Å². The van der Waals surface area contributed by atoms with Crippen LogP contribution in [0, 0.1) is 24.0 Å². The molecule has 142 valence electrons. The van der Waals surface area contributed by atoms with Gasteiger partial charge in [-0.2, -0.15) is 0 Å². The molecule has 3 rings (SSSR count). The Morgan fingerprint density at radius 3 is 2.56 bits per heavy atom. The summed E-state index contributed by atoms with van der Waals surface area (Å²) >= 11 is 1.58. The predicted molar refractivity (Wildman–Crippen MR) is 106 cm³/mol. The first-order valence-corrected chi connectivity index (χ1v) is 9.76. The molecule has 27 heavy (non-hydrogen) atoms. The number of aromatic nitrogens is 1. The monoisotopic (exact) mass is 386 g/mol. The number of hydrogen-bond acceptors (Lipinski definition) is 6. The average molecular weight is 386 g/mol. The topological polar surface area (TPSA) is 79.6 Å². The Morgan fingerprint density at radius 2 is 1.93 bits per heavy atom. The Morgan fingerprint density at radius 1 is 1.19 bits per heavy atom. The number of nitrogens with zero attached hydrogens (tertiary/aromatic N) is 4. The lowest BCUT2D eigenvalue weighted by Gasteiger charge is -2.35. The molecule has 1 saturated heterocycles. The molecule has 7 nitrogen and oxygen atoms in total. The smallest absolute Gasteiger partial charge is 0.287 e. The van der Waals surface area contributed by atoms with Gasteiger partial charge in [0.15, 0.2) is 0 Å². The van der Waals surface area contributed by atoms with Gasteiger partial charge in [0.2, 0.25) is 5.91 Å². The van der Waals surface area contributed by atoms with Crippen molar-refractivity contribution in [3.8, 4) is 0 Å². The van der Waals surface area contributed by atoms with Gasteiger partial charge >= 0.3 is 0 Å². The third kappa shape index (κ3) is 4.77. The molecule has 8 heteroatoms. The maximum absolute atomic E-state index is 12.5. The number of nitro groups is 1. The van der Waals surface area contributed by atoms with Gasteiger partial charge in [0.05, 0.1) is 10.7 Å². The van der Waals surface area contributed by atoms with Crippen molar-refractivity contribution in [2.24, 2.45) is 0 Å². The minimum absolute atomic E-state index is 0.0176. The van der Waals surface area contributed by atoms with E-state index in [4.69, 9.17) is 0 Å². The van der Waals surface area contributed by atoms with Crippen LogP contribution >= 0.6 is 11.8 Å². The van der Waals surface area contributed by atoms with Crippen LogP contribution < -0.4 is 4.90 Å². The molecule has 0 unspecified atom stereocenters. The summed E-state index contributed by atoms with van der Waals surface area (Å²) in [6.07, 6.45) is 1.27. The van der Waals surface area contributed by atoms with E-state index in [1.54, 1.807) is 17.8 Å². The summed E-state index contributed by atoms with van der Waals surface area (Å²) in [6, 6.07) is 9.39. The average Bonchev–Trinajstić information content (AvgIpc) is 2.68. The van der Waals surface area contributed by atoms with E-state index in [1.807, 2.05) is 9.80 Å². The number of pyridine rings is 1. The zero-order valence-corrected chi connectivity index (χ0v) is 16.2. The van der Waals surface area contributed by atoms with Gasteiger partial charge in [-0.3, -0.25) is 14.9 Å². The highest BCUT2D eigenvalue weighted by Gasteiger charge is 2.22. The minimum atomic E-state index is -0.457. The SMILES string of the molecule is Cc1ccc(C)c(SCC(=O)N2CCN(c3ccc([N+](=O)[O-])cn3)CC2)c1. The standard InChI is InChI=1S/C19H22N4O3S/c1-14-3-4-15(2)17(11-14)27-13-19(24)22-9-7-21(8-10-22)18-6-5-16(12-20-18)23(25)26/h3-6,11-12H,7-10,13H2,1-2H3. The van der Waals surface area contributed by atoms with Gasteiger partial charge in [-0.25, -0.2) is 4.98 Å². The lowest BCUT2D eigenvalue weighted by atomic mass is 10.2. The molecule has 1 amide bonds. The number of thioether (sulfide) groups is 1. The second-order valence-electron chi connectivity index (χ2n) is 6.56. The van der Waals surface area contributed by atoms with Gasteiger partial charge in [0, 0.05) is 37.1 Å². The highest BCUT2D eigenvalue weighted by atomic mass is 32.2. The van der Waals surface area contributed by atoms with Gasteiger partial charge < -0.3 is 9.80 Å². The summed E-state index contributed by atoms with van der Waals surface area (Å²) in [4.78, 5) is 32.0. The molecule has 1 aromatic carbocycles. The second kappa shape index (κ2) is 8.39. The fourth-order valence-electron chi connectivity index (χ4n) is 2.95. The first kappa shape index (κ1) is 19.2. The number of piperazine rings is 1. The summed E-state index contributed by atoms with van der Waals surface area (Å²) in [7, 11) is 0. The fourth-order valence-corrected chi connectivity index (χ4v) is 3.98. The van der Waals surface area contributed by atoms with E-state index in [9.17, 15) is 14.9 Å². The van der Waals surface area contributed by atoms with Crippen molar-refractivity contribution in [2.75, 3.05) is 36.8 Å². The summed E-state index contributed by atoms with van der Waals surface area (Å²) in [5.41, 5.74) is 2.36. The molecule has 2 aromatic rings. The van der Waals surface area contributed by atoms with Gasteiger partial charge in [-0.15, -0.1) is 11.8 Å². The second-order valence-corrected chi connectivity index (χ2v) is 7.57. The van der Waals surface area contributed by atoms with Crippen molar-refractivity contribution in [3.63, 3.8) is 0 Å². The van der Waals surface area contributed by atoms with E-state index < -0.39 is 4.92 Å². The molecule has 1 aliphatic rings. The lowest BCUT2D eigenvalue weighted by Crippen LogP contribution is -2.49. The maximum atomic E-state index is 12.5. The largest absolute Gasteiger partial charge is 0.353 e. The summed E-state index contributed by atoms with van der Waals surface area (Å²) in [6.45, 7) is 6.71. The lowest BCUT2D eigenvalue weighted by molar-refractivity contribution is -0.385. The van der Waals surface area contributed by atoms with Gasteiger partial charge in [-0.05, 0) is 31.5 Å². The van der Waals surface area contributed by atoms with Crippen molar-refractivity contribution in [1.29, 1.82) is 0 Å². The number of hydrogen-bond donors (Lipinski definition) is 0. The molecular weight excluding hydrogens is 364 g/mol. The molecule has 0 N–H and O–H groups in total. The third-order valence-electron chi connectivity index (χ3n) is 4.59. The summed E-state index contributed by atoms with van der Waals surface area (Å²) < 4.78 is 0. The number of amides is 1. The van der Waals surface area contributed by atoms with E-state index in [2.05, 4.69) is 37.0 Å². The molecule has 0 aliphatic carbocycles. The molecule has 0 atom stereocenters. The van der Waals surface area contributed by atoms with Crippen molar-refractivity contribution in [2.45, 2.75) is 18.7 Å². The fraction of sp³-hybridized carbons (Fsp3) is 0.368. The first-order valence-electron chi connectivity index (χ1n) is 8.77. The van der Waals surface area contributed by atoms with E-state index in [1.165, 1.54) is 23.4 Å². The Labute approximate surface area is 162 Å². The van der Waals surface area contributed by atoms with E-state index >= 15 is 0 Å². The summed E-state index contributed by atoms with van der Waals surface area (Å²) in [5, 5.41) is 10.7. The Kier molecular flexibility index (Phi) is 5.95. The van der Waals surface area contributed by atoms with Crippen LogP contribution in [-0.4, -0.2) is 52.6 Å². The van der Waals surface area contributed by atoms with Gasteiger partial charge in [0.25, 0.3) is 5.69 Å². The van der Waals surface area contributed by atoms with Crippen LogP contribution in [0.4, 0.5) is 11.5 Å². The van der Waals surface area contributed by atoms with Crippen LogP contribution in [0.5, 0.6) is 0 Å². The molecule has 1 fully saturated rings. The molecule has 2 heterocycles. The number of anilines is 1. The Hall–Kier alpha value is -2.61. The van der Waals surface area contributed by atoms with E-state index in [0.29, 0.717) is 37.7 Å². The van der Waals surface area contributed by atoms with Crippen LogP contribution in [0.25, 0.3) is 0 Å². The third-order valence-corrected chi connectivity index (χ3v) is 5.74. The normalized spacial score (nSPS) is 14.3. The molecule has 0 saturated carbocycles. The zero-order valence-electron chi connectivity index (χ0n) is 15.4. The number of benzene rings is 1. The van der Waals surface area contributed by atoms with Crippen LogP contribution in [0.2, 0.25) is 0 Å². The van der Waals surface area contributed by atoms with Crippen LogP contribution in [0.15, 0.2) is 41.4 Å². The molecular formula is C19H22N4O3S. The molecule has 1 aromatic heterocycles. The summed E-state index contributed by atoms with van der Waals surface area (Å²) in [5.74, 6) is 1.27. The number of rotatable bonds is 5. The van der Waals surface area contributed by atoms with E-state index in [0.717, 1.165) is 4.90 Å². The van der Waals surface area contributed by atoms with Gasteiger partial charge in [0.1, 0.15) is 12.0 Å². The van der Waals surface area contributed by atoms with Crippen LogP contribution in [-0.2, 0) is 4.79 Å². The maximum Gasteiger partial charge on any atom is 0.287 e. The molecule has 0 bridgehead atoms. The minimum Gasteiger partial charge on any atom is -0.353 e. The van der Waals surface area contributed by atoms with Crippen LogP contribution in [0.3, 0.4) is 0 Å². The first-order chi connectivity index (χ1) is 12.9. The quantitative estimate of drug-likeness (QED) is 0.446. The highest BCUT2D eigenvalue weighted by molar-refractivity contribution is 8.00. The Bertz CT molecular complexity index is 833. The van der Waals surface area contributed by atoms with Crippen LogP contribution in [0.1, 0.15) is 11.1 Å². The highest BCUT2D eigenvalue weighted by Crippen LogP contribution is 2.24. The van der Waals surface area contributed by atoms with Gasteiger partial charge in [-0.1, -0.05) is 17.7 Å². The molecule has 0 spiro atoms. The Balaban J connectivity index is 1.51. The number of carbonyl (C=O) groups is 1. The predicted octanol–water partition coefficient (Wildman–Crippen LogP) is 3.05. The van der Waals surface area contributed by atoms with Crippen molar-refractivity contribution >= 4 is 29.2 Å². The number of carbonyl (C=O) groups excluding carboxylic acids is 1. The number of aryl methyl sites for hydroxylation is 2. The molecule has 1 aliphatic heterocycles. The van der Waals surface area contributed by atoms with Crippen molar-refractivity contribution in [1.82, 2.24) is 9.88 Å². The zero-order chi connectivity index (χ0) is 19.4.